The number of hydrogen-bond donors (Lipinski definition) is 2. The van der Waals surface area contributed by atoms with Gasteiger partial charge in [0.2, 0.25) is 0 Å². The largest absolute Gasteiger partial charge is 0.373 e. The van der Waals surface area contributed by atoms with Gasteiger partial charge in [0.15, 0.2) is 5.16 Å². The Morgan fingerprint density at radius 3 is 2.74 bits per heavy atom. The smallest absolute Gasteiger partial charge is 0.191 e. The Morgan fingerprint density at radius 1 is 1.32 bits per heavy atom. The molecule has 0 saturated carbocycles. The van der Waals surface area contributed by atoms with Gasteiger partial charge in [-0.25, -0.2) is 9.97 Å². The zero-order valence-corrected chi connectivity index (χ0v) is 12.0. The highest BCUT2D eigenvalue weighted by Crippen LogP contribution is 2.16. The van der Waals surface area contributed by atoms with Crippen molar-refractivity contribution in [3.05, 3.63) is 18.2 Å². The second kappa shape index (κ2) is 6.37. The highest BCUT2D eigenvalue weighted by Gasteiger charge is 2.04. The van der Waals surface area contributed by atoms with E-state index in [2.05, 4.69) is 30.8 Å². The van der Waals surface area contributed by atoms with Crippen molar-refractivity contribution in [2.45, 2.75) is 11.6 Å². The van der Waals surface area contributed by atoms with E-state index in [-0.39, 0.29) is 0 Å². The minimum absolute atomic E-state index is 0.744. The van der Waals surface area contributed by atoms with Gasteiger partial charge < -0.3 is 15.2 Å². The van der Waals surface area contributed by atoms with E-state index in [1.807, 2.05) is 31.0 Å². The summed E-state index contributed by atoms with van der Waals surface area (Å²) in [5, 5.41) is 14.9. The maximum atomic E-state index is 4.40. The predicted octanol–water partition coefficient (Wildman–Crippen LogP) is 1.02. The number of thioether (sulfide) groups is 1. The third kappa shape index (κ3) is 3.57. The zero-order chi connectivity index (χ0) is 13.7. The molecule has 0 radical (unpaired) electrons. The first-order valence-electron chi connectivity index (χ1n) is 5.90. The van der Waals surface area contributed by atoms with Crippen molar-refractivity contribution in [2.24, 2.45) is 7.05 Å². The van der Waals surface area contributed by atoms with Gasteiger partial charge in [-0.15, -0.1) is 10.2 Å². The van der Waals surface area contributed by atoms with Crippen LogP contribution in [-0.4, -0.2) is 44.6 Å². The number of rotatable bonds is 6. The molecule has 7 nitrogen and oxygen atoms in total. The lowest BCUT2D eigenvalue weighted by Crippen LogP contribution is -2.10. The summed E-state index contributed by atoms with van der Waals surface area (Å²) in [6, 6.07) is 1.89. The molecule has 0 aliphatic heterocycles. The standard InChI is InChI=1S/C11H17N7S/c1-12-8-6-9(16-11(15-8)19-3)13-5-4-10-17-14-7-18(10)2/h6-7H,4-5H2,1-3H3,(H2,12,13,15,16). The zero-order valence-electron chi connectivity index (χ0n) is 11.2. The molecular weight excluding hydrogens is 262 g/mol. The first-order chi connectivity index (χ1) is 9.22. The second-order valence-electron chi connectivity index (χ2n) is 3.91. The fraction of sp³-hybridized carbons (Fsp3) is 0.455. The minimum atomic E-state index is 0.744. The highest BCUT2D eigenvalue weighted by molar-refractivity contribution is 7.98. The molecule has 2 rings (SSSR count). The summed E-state index contributed by atoms with van der Waals surface area (Å²) in [5.74, 6) is 2.56. The van der Waals surface area contributed by atoms with Crippen molar-refractivity contribution in [1.29, 1.82) is 0 Å². The van der Waals surface area contributed by atoms with Crippen LogP contribution < -0.4 is 10.6 Å². The number of aryl methyl sites for hydroxylation is 1. The maximum absolute atomic E-state index is 4.40. The number of aromatic nitrogens is 5. The first-order valence-corrected chi connectivity index (χ1v) is 7.13. The summed E-state index contributed by atoms with van der Waals surface area (Å²) in [5.41, 5.74) is 0. The van der Waals surface area contributed by atoms with E-state index in [4.69, 9.17) is 0 Å². The number of nitrogens with zero attached hydrogens (tertiary/aromatic N) is 5. The van der Waals surface area contributed by atoms with Gasteiger partial charge in [0.1, 0.15) is 23.8 Å². The van der Waals surface area contributed by atoms with Crippen molar-refractivity contribution in [3.8, 4) is 0 Å². The van der Waals surface area contributed by atoms with E-state index in [0.717, 1.165) is 35.6 Å². The molecule has 0 saturated heterocycles. The van der Waals surface area contributed by atoms with Crippen LogP contribution in [0.4, 0.5) is 11.6 Å². The average molecular weight is 279 g/mol. The molecule has 0 aromatic carbocycles. The SMILES string of the molecule is CNc1cc(NCCc2nncn2C)nc(SC)n1. The lowest BCUT2D eigenvalue weighted by molar-refractivity contribution is 0.786. The number of nitrogens with one attached hydrogen (secondary N) is 2. The van der Waals surface area contributed by atoms with Gasteiger partial charge in [-0.2, -0.15) is 0 Å². The summed E-state index contributed by atoms with van der Waals surface area (Å²) in [6.45, 7) is 0.751. The van der Waals surface area contributed by atoms with Crippen LogP contribution in [0.5, 0.6) is 0 Å². The minimum Gasteiger partial charge on any atom is -0.373 e. The fourth-order valence-corrected chi connectivity index (χ4v) is 1.95. The van der Waals surface area contributed by atoms with Crippen LogP contribution in [0.2, 0.25) is 0 Å². The molecule has 2 N–H and O–H groups in total. The summed E-state index contributed by atoms with van der Waals surface area (Å²) < 4.78 is 1.91. The molecule has 2 aromatic rings. The second-order valence-corrected chi connectivity index (χ2v) is 4.68. The van der Waals surface area contributed by atoms with Crippen molar-refractivity contribution in [1.82, 2.24) is 24.7 Å². The van der Waals surface area contributed by atoms with E-state index in [1.54, 1.807) is 6.33 Å². The molecule has 19 heavy (non-hydrogen) atoms. The topological polar surface area (TPSA) is 80.5 Å². The Bertz CT molecular complexity index is 517. The van der Waals surface area contributed by atoms with Crippen LogP contribution in [0.25, 0.3) is 0 Å². The molecule has 0 unspecified atom stereocenters. The van der Waals surface area contributed by atoms with E-state index < -0.39 is 0 Å². The quantitative estimate of drug-likeness (QED) is 0.603. The van der Waals surface area contributed by atoms with Crippen LogP contribution >= 0.6 is 11.8 Å². The van der Waals surface area contributed by atoms with E-state index in [1.165, 1.54) is 11.8 Å². The van der Waals surface area contributed by atoms with Gasteiger partial charge in [0.25, 0.3) is 0 Å². The van der Waals surface area contributed by atoms with Gasteiger partial charge in [0.05, 0.1) is 0 Å². The Labute approximate surface area is 116 Å². The highest BCUT2D eigenvalue weighted by atomic mass is 32.2. The van der Waals surface area contributed by atoms with E-state index >= 15 is 0 Å². The van der Waals surface area contributed by atoms with Crippen molar-refractivity contribution >= 4 is 23.4 Å². The van der Waals surface area contributed by atoms with Gasteiger partial charge in [-0.3, -0.25) is 0 Å². The Morgan fingerprint density at radius 2 is 2.11 bits per heavy atom. The maximum Gasteiger partial charge on any atom is 0.191 e. The molecule has 0 atom stereocenters. The first kappa shape index (κ1) is 13.6. The lowest BCUT2D eigenvalue weighted by atomic mass is 10.4. The van der Waals surface area contributed by atoms with E-state index in [0.29, 0.717) is 0 Å². The monoisotopic (exact) mass is 279 g/mol. The molecule has 0 aliphatic rings. The molecule has 0 amide bonds. The van der Waals surface area contributed by atoms with Crippen LogP contribution in [0.15, 0.2) is 17.6 Å². The molecule has 0 fully saturated rings. The van der Waals surface area contributed by atoms with E-state index in [9.17, 15) is 0 Å². The molecule has 0 spiro atoms. The molecule has 2 aromatic heterocycles. The third-order valence-corrected chi connectivity index (χ3v) is 3.15. The summed E-state index contributed by atoms with van der Waals surface area (Å²) in [4.78, 5) is 8.72. The van der Waals surface area contributed by atoms with Gasteiger partial charge in [-0.05, 0) is 6.26 Å². The van der Waals surface area contributed by atoms with Crippen LogP contribution in [0.1, 0.15) is 5.82 Å². The molecule has 102 valence electrons. The van der Waals surface area contributed by atoms with Crippen molar-refractivity contribution in [2.75, 3.05) is 30.5 Å². The van der Waals surface area contributed by atoms with Crippen LogP contribution in [0.3, 0.4) is 0 Å². The Kier molecular flexibility index (Phi) is 4.56. The number of hydrogen-bond acceptors (Lipinski definition) is 7. The van der Waals surface area contributed by atoms with Crippen LogP contribution in [0, 0.1) is 0 Å². The molecule has 2 heterocycles. The Balaban J connectivity index is 1.97. The molecule has 8 heteroatoms. The summed E-state index contributed by atoms with van der Waals surface area (Å²) in [6.07, 6.45) is 4.45. The third-order valence-electron chi connectivity index (χ3n) is 2.60. The normalized spacial score (nSPS) is 10.5. The van der Waals surface area contributed by atoms with Gasteiger partial charge in [0, 0.05) is 33.1 Å². The molecular formula is C11H17N7S. The Hall–Kier alpha value is -1.83. The predicted molar refractivity (Wildman–Crippen MR) is 76.6 cm³/mol. The van der Waals surface area contributed by atoms with Crippen molar-refractivity contribution in [3.63, 3.8) is 0 Å². The summed E-state index contributed by atoms with van der Waals surface area (Å²) >= 11 is 1.52. The fourth-order valence-electron chi connectivity index (χ4n) is 1.57. The lowest BCUT2D eigenvalue weighted by Gasteiger charge is -2.08. The van der Waals surface area contributed by atoms with Crippen molar-refractivity contribution < 1.29 is 0 Å². The molecule has 0 bridgehead atoms. The van der Waals surface area contributed by atoms with Gasteiger partial charge in [-0.1, -0.05) is 11.8 Å². The average Bonchev–Trinajstić information content (AvgIpc) is 2.84. The van der Waals surface area contributed by atoms with Crippen LogP contribution in [-0.2, 0) is 13.5 Å². The number of anilines is 2. The summed E-state index contributed by atoms with van der Waals surface area (Å²) in [7, 11) is 3.78. The molecule has 0 aliphatic carbocycles. The van der Waals surface area contributed by atoms with Gasteiger partial charge >= 0.3 is 0 Å².